The summed E-state index contributed by atoms with van der Waals surface area (Å²) in [6.45, 7) is 9.41. The molecule has 0 saturated carbocycles. The maximum atomic E-state index is 12.7. The summed E-state index contributed by atoms with van der Waals surface area (Å²) < 4.78 is 0. The van der Waals surface area contributed by atoms with E-state index in [9.17, 15) is 9.59 Å². The van der Waals surface area contributed by atoms with E-state index in [1.165, 1.54) is 11.8 Å². The summed E-state index contributed by atoms with van der Waals surface area (Å²) in [7, 11) is 0. The second kappa shape index (κ2) is 8.37. The predicted molar refractivity (Wildman–Crippen MR) is 108 cm³/mol. The molecule has 5 heteroatoms. The Morgan fingerprint density at radius 3 is 2.38 bits per heavy atom. The van der Waals surface area contributed by atoms with Crippen molar-refractivity contribution >= 4 is 34.8 Å². The van der Waals surface area contributed by atoms with Crippen LogP contribution in [0.5, 0.6) is 0 Å². The van der Waals surface area contributed by atoms with Gasteiger partial charge in [-0.15, -0.1) is 0 Å². The number of amides is 2. The van der Waals surface area contributed by atoms with Gasteiger partial charge in [0, 0.05) is 23.3 Å². The van der Waals surface area contributed by atoms with Crippen molar-refractivity contribution in [1.29, 1.82) is 0 Å². The van der Waals surface area contributed by atoms with E-state index in [0.29, 0.717) is 10.7 Å². The van der Waals surface area contributed by atoms with Gasteiger partial charge in [0.15, 0.2) is 0 Å². The van der Waals surface area contributed by atoms with E-state index in [1.54, 1.807) is 18.2 Å². The van der Waals surface area contributed by atoms with E-state index in [4.69, 9.17) is 11.6 Å². The second-order valence-corrected chi connectivity index (χ2v) is 7.21. The molecule has 138 valence electrons. The summed E-state index contributed by atoms with van der Waals surface area (Å²) in [6, 6.07) is 11.2. The summed E-state index contributed by atoms with van der Waals surface area (Å²) in [5.41, 5.74) is 4.44. The Labute approximate surface area is 160 Å². The van der Waals surface area contributed by atoms with Gasteiger partial charge in [-0.1, -0.05) is 43.6 Å². The van der Waals surface area contributed by atoms with Crippen LogP contribution in [0, 0.1) is 13.8 Å². The van der Waals surface area contributed by atoms with Crippen LogP contribution in [0.4, 0.5) is 11.4 Å². The van der Waals surface area contributed by atoms with Crippen molar-refractivity contribution in [3.8, 4) is 0 Å². The van der Waals surface area contributed by atoms with E-state index in [0.717, 1.165) is 22.4 Å². The Kier molecular flexibility index (Phi) is 6.43. The fraction of sp³-hybridized carbons (Fsp3) is 0.333. The van der Waals surface area contributed by atoms with Crippen molar-refractivity contribution in [1.82, 2.24) is 0 Å². The number of carbonyl (C=O) groups is 2. The average Bonchev–Trinajstić information content (AvgIpc) is 2.54. The van der Waals surface area contributed by atoms with Crippen molar-refractivity contribution in [2.75, 3.05) is 16.8 Å². The third-order valence-corrected chi connectivity index (χ3v) is 4.56. The molecular weight excluding hydrogens is 348 g/mol. The minimum atomic E-state index is -0.231. The molecule has 2 aromatic carbocycles. The van der Waals surface area contributed by atoms with Crippen molar-refractivity contribution in [3.63, 3.8) is 0 Å². The second-order valence-electron chi connectivity index (χ2n) is 6.78. The molecular formula is C21H25ClN2O2. The Hall–Kier alpha value is -2.33. The van der Waals surface area contributed by atoms with Crippen molar-refractivity contribution in [2.45, 2.75) is 40.5 Å². The first-order chi connectivity index (χ1) is 12.2. The van der Waals surface area contributed by atoms with Gasteiger partial charge in [0.2, 0.25) is 11.8 Å². The summed E-state index contributed by atoms with van der Waals surface area (Å²) in [5.74, 6) is -0.141. The highest BCUT2D eigenvalue weighted by molar-refractivity contribution is 6.30. The fourth-order valence-corrected chi connectivity index (χ4v) is 3.18. The zero-order chi connectivity index (χ0) is 19.4. The van der Waals surface area contributed by atoms with Crippen LogP contribution in [0.25, 0.3) is 0 Å². The van der Waals surface area contributed by atoms with Gasteiger partial charge in [0.05, 0.1) is 0 Å². The molecule has 0 fully saturated rings. The Morgan fingerprint density at radius 2 is 1.81 bits per heavy atom. The standard InChI is InChI=1S/C21H25ClN2O2/c1-13(2)18-8-6-7-14(3)21(18)23-20(26)12-24(16(5)25)19-10-9-17(22)11-15(19)4/h6-11,13H,12H2,1-5H3,(H,23,26). The lowest BCUT2D eigenvalue weighted by Crippen LogP contribution is -2.37. The number of anilines is 2. The van der Waals surface area contributed by atoms with Crippen LogP contribution in [0.3, 0.4) is 0 Å². The zero-order valence-corrected chi connectivity index (χ0v) is 16.6. The van der Waals surface area contributed by atoms with Gasteiger partial charge in [-0.05, 0) is 54.7 Å². The van der Waals surface area contributed by atoms with Crippen LogP contribution in [-0.4, -0.2) is 18.4 Å². The van der Waals surface area contributed by atoms with Crippen LogP contribution in [-0.2, 0) is 9.59 Å². The Balaban J connectivity index is 2.26. The lowest BCUT2D eigenvalue weighted by molar-refractivity contribution is -0.120. The number of benzene rings is 2. The summed E-state index contributed by atoms with van der Waals surface area (Å²) in [6.07, 6.45) is 0. The third-order valence-electron chi connectivity index (χ3n) is 4.32. The largest absolute Gasteiger partial charge is 0.324 e. The predicted octanol–water partition coefficient (Wildman–Crippen LogP) is 5.07. The minimum Gasteiger partial charge on any atom is -0.324 e. The maximum Gasteiger partial charge on any atom is 0.244 e. The molecule has 0 atom stereocenters. The van der Waals surface area contributed by atoms with Crippen LogP contribution >= 0.6 is 11.6 Å². The molecule has 2 rings (SSSR count). The molecule has 0 aromatic heterocycles. The highest BCUT2D eigenvalue weighted by Crippen LogP contribution is 2.28. The van der Waals surface area contributed by atoms with Crippen LogP contribution in [0.1, 0.15) is 43.4 Å². The molecule has 2 amide bonds. The van der Waals surface area contributed by atoms with Gasteiger partial charge >= 0.3 is 0 Å². The van der Waals surface area contributed by atoms with Crippen molar-refractivity contribution < 1.29 is 9.59 Å². The minimum absolute atomic E-state index is 0.0519. The molecule has 0 aliphatic carbocycles. The first-order valence-electron chi connectivity index (χ1n) is 8.64. The highest BCUT2D eigenvalue weighted by Gasteiger charge is 2.19. The molecule has 2 aromatic rings. The maximum absolute atomic E-state index is 12.7. The molecule has 0 heterocycles. The normalized spacial score (nSPS) is 10.7. The van der Waals surface area contributed by atoms with E-state index < -0.39 is 0 Å². The smallest absolute Gasteiger partial charge is 0.244 e. The van der Waals surface area contributed by atoms with Crippen molar-refractivity contribution in [2.24, 2.45) is 0 Å². The van der Waals surface area contributed by atoms with Gasteiger partial charge in [-0.2, -0.15) is 0 Å². The molecule has 0 unspecified atom stereocenters. The number of carbonyl (C=O) groups excluding carboxylic acids is 2. The highest BCUT2D eigenvalue weighted by atomic mass is 35.5. The average molecular weight is 373 g/mol. The summed E-state index contributed by atoms with van der Waals surface area (Å²) in [4.78, 5) is 26.3. The third kappa shape index (κ3) is 4.64. The molecule has 26 heavy (non-hydrogen) atoms. The monoisotopic (exact) mass is 372 g/mol. The molecule has 0 radical (unpaired) electrons. The van der Waals surface area contributed by atoms with Crippen LogP contribution < -0.4 is 10.2 Å². The molecule has 0 saturated heterocycles. The topological polar surface area (TPSA) is 49.4 Å². The number of rotatable bonds is 5. The van der Waals surface area contributed by atoms with Gasteiger partial charge in [0.25, 0.3) is 0 Å². The lowest BCUT2D eigenvalue weighted by Gasteiger charge is -2.24. The number of nitrogens with zero attached hydrogens (tertiary/aromatic N) is 1. The van der Waals surface area contributed by atoms with Crippen LogP contribution in [0.2, 0.25) is 5.02 Å². The number of nitrogens with one attached hydrogen (secondary N) is 1. The van der Waals surface area contributed by atoms with E-state index in [2.05, 4.69) is 19.2 Å². The Morgan fingerprint density at radius 1 is 1.12 bits per heavy atom. The molecule has 4 nitrogen and oxygen atoms in total. The number of hydrogen-bond donors (Lipinski definition) is 1. The Bertz CT molecular complexity index is 831. The SMILES string of the molecule is CC(=O)N(CC(=O)Nc1c(C)cccc1C(C)C)c1ccc(Cl)cc1C. The summed E-state index contributed by atoms with van der Waals surface area (Å²) in [5, 5.41) is 3.59. The number of hydrogen-bond acceptors (Lipinski definition) is 2. The van der Waals surface area contributed by atoms with Crippen LogP contribution in [0.15, 0.2) is 36.4 Å². The number of halogens is 1. The lowest BCUT2D eigenvalue weighted by atomic mass is 9.98. The summed E-state index contributed by atoms with van der Waals surface area (Å²) >= 11 is 6.00. The van der Waals surface area contributed by atoms with Gasteiger partial charge < -0.3 is 10.2 Å². The van der Waals surface area contributed by atoms with Gasteiger partial charge in [0.1, 0.15) is 6.54 Å². The molecule has 0 aliphatic rings. The van der Waals surface area contributed by atoms with E-state index in [1.807, 2.05) is 32.0 Å². The molecule has 0 spiro atoms. The molecule has 0 aliphatic heterocycles. The van der Waals surface area contributed by atoms with Crippen molar-refractivity contribution in [3.05, 3.63) is 58.1 Å². The molecule has 0 bridgehead atoms. The first kappa shape index (κ1) is 20.0. The van der Waals surface area contributed by atoms with Gasteiger partial charge in [-0.3, -0.25) is 9.59 Å². The number of aryl methyl sites for hydroxylation is 2. The van der Waals surface area contributed by atoms with E-state index >= 15 is 0 Å². The quantitative estimate of drug-likeness (QED) is 0.796. The van der Waals surface area contributed by atoms with E-state index in [-0.39, 0.29) is 24.3 Å². The zero-order valence-electron chi connectivity index (χ0n) is 15.9. The number of para-hydroxylation sites is 1. The fourth-order valence-electron chi connectivity index (χ4n) is 2.95. The first-order valence-corrected chi connectivity index (χ1v) is 9.02. The van der Waals surface area contributed by atoms with Gasteiger partial charge in [-0.25, -0.2) is 0 Å². The molecule has 1 N–H and O–H groups in total.